The molecule has 0 aliphatic heterocycles. The molecule has 0 aliphatic rings. The Kier molecular flexibility index (Phi) is 4.34. The third kappa shape index (κ3) is 3.49. The number of phenolic OH excluding ortho intramolecular Hbond substituents is 1. The fourth-order valence-electron chi connectivity index (χ4n) is 1.47. The predicted octanol–water partition coefficient (Wildman–Crippen LogP) is 4.15. The first kappa shape index (κ1) is 15.3. The number of anilines is 1. The molecule has 4 nitrogen and oxygen atoms in total. The van der Waals surface area contributed by atoms with E-state index in [2.05, 4.69) is 4.72 Å². The second kappa shape index (κ2) is 5.69. The van der Waals surface area contributed by atoms with E-state index in [-0.39, 0.29) is 31.4 Å². The van der Waals surface area contributed by atoms with Gasteiger partial charge in [-0.2, -0.15) is 0 Å². The molecule has 2 aromatic carbocycles. The van der Waals surface area contributed by atoms with Gasteiger partial charge in [-0.15, -0.1) is 0 Å². The van der Waals surface area contributed by atoms with Crippen LogP contribution in [0.25, 0.3) is 0 Å². The Bertz CT molecular complexity index is 742. The Balaban J connectivity index is 2.40. The summed E-state index contributed by atoms with van der Waals surface area (Å²) in [6.45, 7) is 0. The molecule has 0 spiro atoms. The molecule has 0 radical (unpaired) electrons. The van der Waals surface area contributed by atoms with Crippen molar-refractivity contribution in [3.05, 3.63) is 51.5 Å². The summed E-state index contributed by atoms with van der Waals surface area (Å²) in [6, 6.07) is 7.85. The molecular formula is C12H8Cl3NO3S. The van der Waals surface area contributed by atoms with E-state index in [1.165, 1.54) is 36.4 Å². The van der Waals surface area contributed by atoms with Crippen molar-refractivity contribution in [1.29, 1.82) is 0 Å². The van der Waals surface area contributed by atoms with E-state index in [0.717, 1.165) is 0 Å². The highest BCUT2D eigenvalue weighted by Gasteiger charge is 2.17. The highest BCUT2D eigenvalue weighted by Crippen LogP contribution is 2.29. The van der Waals surface area contributed by atoms with Gasteiger partial charge in [-0.1, -0.05) is 34.8 Å². The molecule has 106 valence electrons. The van der Waals surface area contributed by atoms with Crippen LogP contribution >= 0.6 is 34.8 Å². The van der Waals surface area contributed by atoms with E-state index >= 15 is 0 Å². The molecule has 2 N–H and O–H groups in total. The molecule has 0 aromatic heterocycles. The molecule has 0 heterocycles. The topological polar surface area (TPSA) is 66.4 Å². The van der Waals surface area contributed by atoms with Crippen molar-refractivity contribution in [2.24, 2.45) is 0 Å². The van der Waals surface area contributed by atoms with Crippen LogP contribution in [0.3, 0.4) is 0 Å². The van der Waals surface area contributed by atoms with Gasteiger partial charge in [0.15, 0.2) is 0 Å². The zero-order valence-electron chi connectivity index (χ0n) is 9.77. The van der Waals surface area contributed by atoms with Crippen LogP contribution in [-0.2, 0) is 10.0 Å². The summed E-state index contributed by atoms with van der Waals surface area (Å²) < 4.78 is 26.7. The number of hydrogen-bond donors (Lipinski definition) is 2. The Labute approximate surface area is 131 Å². The third-order valence-corrected chi connectivity index (χ3v) is 4.44. The van der Waals surface area contributed by atoms with Crippen LogP contribution in [0.15, 0.2) is 41.3 Å². The fourth-order valence-corrected chi connectivity index (χ4v) is 3.56. The van der Waals surface area contributed by atoms with Gasteiger partial charge in [-0.25, -0.2) is 8.42 Å². The molecule has 20 heavy (non-hydrogen) atoms. The zero-order chi connectivity index (χ0) is 14.9. The fraction of sp³-hybridized carbons (Fsp3) is 0. The minimum atomic E-state index is -3.88. The first-order valence-electron chi connectivity index (χ1n) is 5.25. The maximum Gasteiger partial charge on any atom is 0.262 e. The summed E-state index contributed by atoms with van der Waals surface area (Å²) >= 11 is 17.4. The molecule has 0 aliphatic carbocycles. The summed E-state index contributed by atoms with van der Waals surface area (Å²) in [5, 5.41) is 9.71. The number of phenols is 1. The predicted molar refractivity (Wildman–Crippen MR) is 80.4 cm³/mol. The van der Waals surface area contributed by atoms with Crippen molar-refractivity contribution >= 4 is 50.5 Å². The van der Waals surface area contributed by atoms with Crippen LogP contribution in [0.2, 0.25) is 15.1 Å². The van der Waals surface area contributed by atoms with Crippen LogP contribution in [-0.4, -0.2) is 13.5 Å². The lowest BCUT2D eigenvalue weighted by Gasteiger charge is -2.10. The van der Waals surface area contributed by atoms with E-state index in [1.807, 2.05) is 0 Å². The molecule has 0 fully saturated rings. The second-order valence-corrected chi connectivity index (χ2v) is 6.84. The molecule has 0 bridgehead atoms. The largest absolute Gasteiger partial charge is 0.508 e. The van der Waals surface area contributed by atoms with E-state index in [4.69, 9.17) is 34.8 Å². The standard InChI is InChI=1S/C12H8Cl3NO3S/c13-7-3-8(14)5-10(4-7)20(18,19)16-12-2-1-9(17)6-11(12)15/h1-6,16-17H. The van der Waals surface area contributed by atoms with Crippen molar-refractivity contribution < 1.29 is 13.5 Å². The monoisotopic (exact) mass is 351 g/mol. The minimum Gasteiger partial charge on any atom is -0.508 e. The number of sulfonamides is 1. The van der Waals surface area contributed by atoms with Gasteiger partial charge in [0.2, 0.25) is 0 Å². The number of aromatic hydroxyl groups is 1. The third-order valence-electron chi connectivity index (χ3n) is 2.34. The summed E-state index contributed by atoms with van der Waals surface area (Å²) in [5.41, 5.74) is 0.139. The van der Waals surface area contributed by atoms with Crippen LogP contribution < -0.4 is 4.72 Å². The van der Waals surface area contributed by atoms with Gasteiger partial charge >= 0.3 is 0 Å². The van der Waals surface area contributed by atoms with Crippen molar-refractivity contribution in [2.75, 3.05) is 4.72 Å². The first-order chi connectivity index (χ1) is 9.28. The van der Waals surface area contributed by atoms with Crippen molar-refractivity contribution in [3.63, 3.8) is 0 Å². The molecule has 0 saturated heterocycles. The van der Waals surface area contributed by atoms with Crippen molar-refractivity contribution in [1.82, 2.24) is 0 Å². The highest BCUT2D eigenvalue weighted by atomic mass is 35.5. The molecule has 0 saturated carbocycles. The van der Waals surface area contributed by atoms with Gasteiger partial charge in [0.05, 0.1) is 15.6 Å². The lowest BCUT2D eigenvalue weighted by Crippen LogP contribution is -2.13. The van der Waals surface area contributed by atoms with Crippen molar-refractivity contribution in [2.45, 2.75) is 4.90 Å². The van der Waals surface area contributed by atoms with Gasteiger partial charge in [0, 0.05) is 16.1 Å². The Morgan fingerprint density at radius 3 is 2.10 bits per heavy atom. The maximum atomic E-state index is 12.2. The Morgan fingerprint density at radius 1 is 0.950 bits per heavy atom. The number of hydrogen-bond acceptors (Lipinski definition) is 3. The number of rotatable bonds is 3. The van der Waals surface area contributed by atoms with Gasteiger partial charge in [-0.05, 0) is 30.3 Å². The van der Waals surface area contributed by atoms with Gasteiger partial charge in [0.1, 0.15) is 5.75 Å². The Hall–Kier alpha value is -1.14. The second-order valence-electron chi connectivity index (χ2n) is 3.87. The van der Waals surface area contributed by atoms with Crippen LogP contribution in [0.5, 0.6) is 5.75 Å². The minimum absolute atomic E-state index is 0.0660. The molecule has 0 amide bonds. The van der Waals surface area contributed by atoms with E-state index in [0.29, 0.717) is 0 Å². The SMILES string of the molecule is O=S(=O)(Nc1ccc(O)cc1Cl)c1cc(Cl)cc(Cl)c1. The maximum absolute atomic E-state index is 12.2. The number of halogens is 3. The van der Waals surface area contributed by atoms with Gasteiger partial charge < -0.3 is 5.11 Å². The van der Waals surface area contributed by atoms with Crippen molar-refractivity contribution in [3.8, 4) is 5.75 Å². The molecule has 0 atom stereocenters. The van der Waals surface area contributed by atoms with Crippen LogP contribution in [0.1, 0.15) is 0 Å². The first-order valence-corrected chi connectivity index (χ1v) is 7.87. The molecular weight excluding hydrogens is 345 g/mol. The number of nitrogens with one attached hydrogen (secondary N) is 1. The zero-order valence-corrected chi connectivity index (χ0v) is 12.9. The Morgan fingerprint density at radius 2 is 1.55 bits per heavy atom. The van der Waals surface area contributed by atoms with Crippen LogP contribution in [0.4, 0.5) is 5.69 Å². The van der Waals surface area contributed by atoms with Gasteiger partial charge in [0.25, 0.3) is 10.0 Å². The molecule has 2 aromatic rings. The van der Waals surface area contributed by atoms with E-state index in [1.54, 1.807) is 0 Å². The van der Waals surface area contributed by atoms with E-state index < -0.39 is 10.0 Å². The quantitative estimate of drug-likeness (QED) is 0.815. The molecule has 8 heteroatoms. The average Bonchev–Trinajstić information content (AvgIpc) is 2.31. The molecule has 0 unspecified atom stereocenters. The lowest BCUT2D eigenvalue weighted by molar-refractivity contribution is 0.475. The lowest BCUT2D eigenvalue weighted by atomic mass is 10.3. The summed E-state index contributed by atoms with van der Waals surface area (Å²) in [6.07, 6.45) is 0. The number of benzene rings is 2. The smallest absolute Gasteiger partial charge is 0.262 e. The normalized spacial score (nSPS) is 11.3. The average molecular weight is 353 g/mol. The summed E-state index contributed by atoms with van der Waals surface area (Å²) in [5.74, 6) is -0.0660. The highest BCUT2D eigenvalue weighted by molar-refractivity contribution is 7.92. The van der Waals surface area contributed by atoms with E-state index in [9.17, 15) is 13.5 Å². The summed E-state index contributed by atoms with van der Waals surface area (Å²) in [4.78, 5) is -0.0841. The summed E-state index contributed by atoms with van der Waals surface area (Å²) in [7, 11) is -3.88. The molecule has 2 rings (SSSR count). The van der Waals surface area contributed by atoms with Crippen LogP contribution in [0, 0.1) is 0 Å². The van der Waals surface area contributed by atoms with Gasteiger partial charge in [-0.3, -0.25) is 4.72 Å².